The molecule has 28 heavy (non-hydrogen) atoms. The summed E-state index contributed by atoms with van der Waals surface area (Å²) in [5.41, 5.74) is 2.11. The number of amides is 2. The molecule has 146 valence electrons. The van der Waals surface area contributed by atoms with Gasteiger partial charge in [0.25, 0.3) is 11.8 Å². The van der Waals surface area contributed by atoms with Gasteiger partial charge in [-0.1, -0.05) is 41.4 Å². The number of rotatable bonds is 5. The number of para-hydroxylation sites is 1. The molecule has 1 aliphatic heterocycles. The Kier molecular flexibility index (Phi) is 6.21. The molecule has 1 heterocycles. The molecule has 0 aromatic heterocycles. The van der Waals surface area contributed by atoms with Crippen LogP contribution in [0.25, 0.3) is 0 Å². The molecule has 2 aromatic carbocycles. The molecule has 0 unspecified atom stereocenters. The summed E-state index contributed by atoms with van der Waals surface area (Å²) < 4.78 is 5.02. The lowest BCUT2D eigenvalue weighted by Gasteiger charge is -2.22. The van der Waals surface area contributed by atoms with Crippen molar-refractivity contribution in [1.29, 1.82) is 0 Å². The number of carbonyl (C=O) groups is 3. The third-order valence-electron chi connectivity index (χ3n) is 4.40. The number of hydrogen-bond acceptors (Lipinski definition) is 4. The van der Waals surface area contributed by atoms with E-state index in [9.17, 15) is 14.4 Å². The Balaban J connectivity index is 1.50. The molecule has 2 amide bonds. The Labute approximate surface area is 172 Å². The smallest absolute Gasteiger partial charge is 0.325 e. The molecule has 0 bridgehead atoms. The van der Waals surface area contributed by atoms with Crippen LogP contribution in [0.2, 0.25) is 10.0 Å². The van der Waals surface area contributed by atoms with E-state index >= 15 is 0 Å². The van der Waals surface area contributed by atoms with Gasteiger partial charge in [-0.2, -0.15) is 0 Å². The molecule has 6 nitrogen and oxygen atoms in total. The summed E-state index contributed by atoms with van der Waals surface area (Å²) >= 11 is 11.7. The Hall–Kier alpha value is -2.57. The van der Waals surface area contributed by atoms with Crippen molar-refractivity contribution < 1.29 is 19.1 Å². The zero-order valence-electron chi connectivity index (χ0n) is 15.1. The van der Waals surface area contributed by atoms with Gasteiger partial charge in [0.15, 0.2) is 6.61 Å². The summed E-state index contributed by atoms with van der Waals surface area (Å²) in [4.78, 5) is 38.1. The van der Waals surface area contributed by atoms with Gasteiger partial charge in [0.1, 0.15) is 6.54 Å². The molecule has 0 aliphatic carbocycles. The van der Waals surface area contributed by atoms with Crippen molar-refractivity contribution in [2.75, 3.05) is 18.1 Å². The SMILES string of the molecule is C[C@@H]1Cc2ccccc2N1C(=O)COC(=O)CNC(=O)c1ccc(Cl)cc1Cl. The van der Waals surface area contributed by atoms with Crippen LogP contribution in [0.4, 0.5) is 5.69 Å². The summed E-state index contributed by atoms with van der Waals surface area (Å²) in [7, 11) is 0. The molecule has 0 saturated heterocycles. The van der Waals surface area contributed by atoms with Crippen molar-refractivity contribution in [2.45, 2.75) is 19.4 Å². The molecule has 1 aliphatic rings. The average molecular weight is 421 g/mol. The zero-order valence-corrected chi connectivity index (χ0v) is 16.6. The van der Waals surface area contributed by atoms with E-state index in [2.05, 4.69) is 5.32 Å². The number of benzene rings is 2. The number of fused-ring (bicyclic) bond motifs is 1. The van der Waals surface area contributed by atoms with Crippen molar-refractivity contribution in [3.8, 4) is 0 Å². The van der Waals surface area contributed by atoms with Gasteiger partial charge in [-0.25, -0.2) is 0 Å². The number of halogens is 2. The summed E-state index contributed by atoms with van der Waals surface area (Å²) in [5.74, 6) is -1.56. The minimum absolute atomic E-state index is 0.00430. The number of anilines is 1. The first-order valence-corrected chi connectivity index (χ1v) is 9.41. The first-order chi connectivity index (χ1) is 13.4. The van der Waals surface area contributed by atoms with Gasteiger partial charge < -0.3 is 15.0 Å². The van der Waals surface area contributed by atoms with Crippen molar-refractivity contribution in [1.82, 2.24) is 5.32 Å². The molecular formula is C20H18Cl2N2O4. The average Bonchev–Trinajstić information content (AvgIpc) is 3.00. The van der Waals surface area contributed by atoms with Crippen LogP contribution in [-0.4, -0.2) is 37.0 Å². The van der Waals surface area contributed by atoms with Gasteiger partial charge in [0.05, 0.1) is 10.6 Å². The fraction of sp³-hybridized carbons (Fsp3) is 0.250. The van der Waals surface area contributed by atoms with E-state index in [1.165, 1.54) is 18.2 Å². The normalized spacial score (nSPS) is 15.1. The quantitative estimate of drug-likeness (QED) is 0.753. The van der Waals surface area contributed by atoms with Crippen molar-refractivity contribution in [3.63, 3.8) is 0 Å². The van der Waals surface area contributed by atoms with Gasteiger partial charge in [0.2, 0.25) is 0 Å². The highest BCUT2D eigenvalue weighted by Gasteiger charge is 2.30. The lowest BCUT2D eigenvalue weighted by molar-refractivity contribution is -0.146. The number of nitrogens with one attached hydrogen (secondary N) is 1. The van der Waals surface area contributed by atoms with Crippen LogP contribution in [0.15, 0.2) is 42.5 Å². The second-order valence-electron chi connectivity index (χ2n) is 6.41. The summed E-state index contributed by atoms with van der Waals surface area (Å²) in [6, 6.07) is 12.0. The lowest BCUT2D eigenvalue weighted by Crippen LogP contribution is -2.39. The highest BCUT2D eigenvalue weighted by molar-refractivity contribution is 6.36. The van der Waals surface area contributed by atoms with Crippen LogP contribution < -0.4 is 10.2 Å². The summed E-state index contributed by atoms with van der Waals surface area (Å²) in [5, 5.41) is 2.99. The van der Waals surface area contributed by atoms with E-state index in [1.807, 2.05) is 31.2 Å². The molecule has 1 N–H and O–H groups in total. The van der Waals surface area contributed by atoms with Crippen molar-refractivity contribution in [2.24, 2.45) is 0 Å². The van der Waals surface area contributed by atoms with Gasteiger partial charge >= 0.3 is 5.97 Å². The van der Waals surface area contributed by atoms with Crippen molar-refractivity contribution >= 4 is 46.7 Å². The van der Waals surface area contributed by atoms with Crippen LogP contribution in [-0.2, 0) is 20.7 Å². The fourth-order valence-electron chi connectivity index (χ4n) is 3.13. The Bertz CT molecular complexity index is 932. The molecule has 2 aromatic rings. The molecular weight excluding hydrogens is 403 g/mol. The standard InChI is InChI=1S/C20H18Cl2N2O4/c1-12-8-13-4-2-3-5-17(13)24(12)18(25)11-28-19(26)10-23-20(27)15-7-6-14(21)9-16(15)22/h2-7,9,12H,8,10-11H2,1H3,(H,23,27)/t12-/m1/s1. The topological polar surface area (TPSA) is 75.7 Å². The number of esters is 1. The zero-order chi connectivity index (χ0) is 20.3. The maximum atomic E-state index is 12.5. The number of carbonyl (C=O) groups excluding carboxylic acids is 3. The van der Waals surface area contributed by atoms with Gasteiger partial charge in [0, 0.05) is 16.8 Å². The largest absolute Gasteiger partial charge is 0.454 e. The van der Waals surface area contributed by atoms with Crippen LogP contribution >= 0.6 is 23.2 Å². The maximum Gasteiger partial charge on any atom is 0.325 e. The minimum atomic E-state index is -0.716. The van der Waals surface area contributed by atoms with Crippen LogP contribution in [0, 0.1) is 0 Å². The Morgan fingerprint density at radius 2 is 1.93 bits per heavy atom. The maximum absolute atomic E-state index is 12.5. The molecule has 0 fully saturated rings. The number of nitrogens with zero attached hydrogens (tertiary/aromatic N) is 1. The van der Waals surface area contributed by atoms with E-state index in [4.69, 9.17) is 27.9 Å². The minimum Gasteiger partial charge on any atom is -0.454 e. The van der Waals surface area contributed by atoms with E-state index in [1.54, 1.807) is 4.90 Å². The Morgan fingerprint density at radius 3 is 2.68 bits per heavy atom. The van der Waals surface area contributed by atoms with Crippen molar-refractivity contribution in [3.05, 3.63) is 63.6 Å². The number of ether oxygens (including phenoxy) is 1. The predicted octanol–water partition coefficient (Wildman–Crippen LogP) is 3.24. The van der Waals surface area contributed by atoms with Gasteiger partial charge in [-0.15, -0.1) is 0 Å². The van der Waals surface area contributed by atoms with E-state index < -0.39 is 18.5 Å². The second kappa shape index (κ2) is 8.63. The third kappa shape index (κ3) is 4.46. The summed E-state index contributed by atoms with van der Waals surface area (Å²) in [6.45, 7) is 1.17. The Morgan fingerprint density at radius 1 is 1.18 bits per heavy atom. The highest BCUT2D eigenvalue weighted by Crippen LogP contribution is 2.31. The van der Waals surface area contributed by atoms with Gasteiger partial charge in [-0.3, -0.25) is 14.4 Å². The van der Waals surface area contributed by atoms with E-state index in [0.717, 1.165) is 17.7 Å². The molecule has 0 radical (unpaired) electrons. The molecule has 3 rings (SSSR count). The molecule has 1 atom stereocenters. The van der Waals surface area contributed by atoms with Gasteiger partial charge in [-0.05, 0) is 43.2 Å². The highest BCUT2D eigenvalue weighted by atomic mass is 35.5. The third-order valence-corrected chi connectivity index (χ3v) is 4.95. The van der Waals surface area contributed by atoms with Crippen LogP contribution in [0.3, 0.4) is 0 Å². The fourth-order valence-corrected chi connectivity index (χ4v) is 3.62. The summed E-state index contributed by atoms with van der Waals surface area (Å²) in [6.07, 6.45) is 0.758. The molecule has 8 heteroatoms. The predicted molar refractivity (Wildman–Crippen MR) is 107 cm³/mol. The first-order valence-electron chi connectivity index (χ1n) is 8.65. The van der Waals surface area contributed by atoms with Crippen LogP contribution in [0.1, 0.15) is 22.8 Å². The molecule has 0 spiro atoms. The van der Waals surface area contributed by atoms with E-state index in [-0.39, 0.29) is 29.1 Å². The van der Waals surface area contributed by atoms with E-state index in [0.29, 0.717) is 5.02 Å². The lowest BCUT2D eigenvalue weighted by atomic mass is 10.1. The first kappa shape index (κ1) is 20.2. The van der Waals surface area contributed by atoms with Crippen LogP contribution in [0.5, 0.6) is 0 Å². The molecule has 0 saturated carbocycles. The second-order valence-corrected chi connectivity index (χ2v) is 7.26. The number of hydrogen-bond donors (Lipinski definition) is 1. The monoisotopic (exact) mass is 420 g/mol.